The molecule has 0 saturated carbocycles. The van der Waals surface area contributed by atoms with Crippen molar-refractivity contribution in [3.63, 3.8) is 0 Å². The van der Waals surface area contributed by atoms with Crippen molar-refractivity contribution in [3.8, 4) is 0 Å². The lowest BCUT2D eigenvalue weighted by Crippen LogP contribution is -2.52. The fourth-order valence-electron chi connectivity index (χ4n) is 3.96. The van der Waals surface area contributed by atoms with E-state index in [0.717, 1.165) is 30.6 Å². The molecular formula is C18H21N5O2. The largest absolute Gasteiger partial charge is 0.339 e. The number of amides is 2. The summed E-state index contributed by atoms with van der Waals surface area (Å²) in [7, 11) is 0. The van der Waals surface area contributed by atoms with E-state index in [1.54, 1.807) is 11.2 Å². The van der Waals surface area contributed by atoms with Gasteiger partial charge >= 0.3 is 0 Å². The highest BCUT2D eigenvalue weighted by Crippen LogP contribution is 2.33. The first-order valence-corrected chi connectivity index (χ1v) is 8.66. The standard InChI is InChI=1S/C18H21N5O2/c1-13(24)23-16-7-3-2-5-14(16)9-17(23)18(25)21-8-4-6-15(10-21)22-12-19-11-20-22/h2-3,5,7,11-12,15,17H,4,6,8-10H2,1H3/t15-,17-/m0/s1. The van der Waals surface area contributed by atoms with Crippen molar-refractivity contribution in [1.82, 2.24) is 19.7 Å². The van der Waals surface area contributed by atoms with Gasteiger partial charge in [0.05, 0.1) is 6.04 Å². The van der Waals surface area contributed by atoms with Gasteiger partial charge in [0, 0.05) is 32.1 Å². The average molecular weight is 339 g/mol. The Morgan fingerprint density at radius 2 is 2.08 bits per heavy atom. The number of fused-ring (bicyclic) bond motifs is 1. The van der Waals surface area contributed by atoms with Crippen LogP contribution in [0.4, 0.5) is 5.69 Å². The maximum absolute atomic E-state index is 13.2. The normalized spacial score (nSPS) is 22.8. The van der Waals surface area contributed by atoms with E-state index in [9.17, 15) is 9.59 Å². The molecular weight excluding hydrogens is 318 g/mol. The fraction of sp³-hybridized carbons (Fsp3) is 0.444. The van der Waals surface area contributed by atoms with Crippen LogP contribution in [0.3, 0.4) is 0 Å². The number of carbonyl (C=O) groups excluding carboxylic acids is 2. The van der Waals surface area contributed by atoms with Crippen LogP contribution in [0, 0.1) is 0 Å². The molecule has 2 aromatic rings. The number of piperidine rings is 1. The molecule has 2 aliphatic heterocycles. The molecule has 7 nitrogen and oxygen atoms in total. The van der Waals surface area contributed by atoms with Gasteiger partial charge in [-0.3, -0.25) is 14.5 Å². The Hall–Kier alpha value is -2.70. The van der Waals surface area contributed by atoms with Crippen molar-refractivity contribution >= 4 is 17.5 Å². The summed E-state index contributed by atoms with van der Waals surface area (Å²) in [4.78, 5) is 32.9. The van der Waals surface area contributed by atoms with Crippen LogP contribution in [0.2, 0.25) is 0 Å². The Kier molecular flexibility index (Phi) is 3.99. The van der Waals surface area contributed by atoms with Crippen LogP contribution in [-0.4, -0.2) is 50.6 Å². The molecule has 0 unspecified atom stereocenters. The molecule has 1 fully saturated rings. The fourth-order valence-corrected chi connectivity index (χ4v) is 3.96. The monoisotopic (exact) mass is 339 g/mol. The van der Waals surface area contributed by atoms with Crippen LogP contribution < -0.4 is 4.90 Å². The van der Waals surface area contributed by atoms with Gasteiger partial charge in [-0.1, -0.05) is 18.2 Å². The van der Waals surface area contributed by atoms with E-state index in [1.807, 2.05) is 33.8 Å². The molecule has 2 atom stereocenters. The van der Waals surface area contributed by atoms with E-state index in [-0.39, 0.29) is 17.9 Å². The van der Waals surface area contributed by atoms with Crippen molar-refractivity contribution in [3.05, 3.63) is 42.5 Å². The Morgan fingerprint density at radius 1 is 1.24 bits per heavy atom. The topological polar surface area (TPSA) is 71.3 Å². The minimum Gasteiger partial charge on any atom is -0.339 e. The Labute approximate surface area is 146 Å². The zero-order valence-corrected chi connectivity index (χ0v) is 14.2. The van der Waals surface area contributed by atoms with Crippen molar-refractivity contribution in [1.29, 1.82) is 0 Å². The van der Waals surface area contributed by atoms with E-state index < -0.39 is 6.04 Å². The summed E-state index contributed by atoms with van der Waals surface area (Å²) in [5, 5.41) is 4.21. The van der Waals surface area contributed by atoms with Gasteiger partial charge in [0.15, 0.2) is 0 Å². The highest BCUT2D eigenvalue weighted by molar-refractivity contribution is 6.02. The van der Waals surface area contributed by atoms with Crippen LogP contribution in [0.1, 0.15) is 31.4 Å². The summed E-state index contributed by atoms with van der Waals surface area (Å²) in [5.74, 6) is -0.0654. The van der Waals surface area contributed by atoms with Gasteiger partial charge < -0.3 is 4.90 Å². The Bertz CT molecular complexity index is 789. The van der Waals surface area contributed by atoms with Crippen molar-refractivity contribution in [2.45, 2.75) is 38.3 Å². The molecule has 2 aliphatic rings. The first-order valence-electron chi connectivity index (χ1n) is 8.66. The van der Waals surface area contributed by atoms with Crippen molar-refractivity contribution in [2.24, 2.45) is 0 Å². The molecule has 0 spiro atoms. The predicted octanol–water partition coefficient (Wildman–Crippen LogP) is 1.42. The van der Waals surface area contributed by atoms with Gasteiger partial charge in [0.1, 0.15) is 18.7 Å². The SMILES string of the molecule is CC(=O)N1c2ccccc2C[C@H]1C(=O)N1CCC[C@H](n2cncn2)C1. The summed E-state index contributed by atoms with van der Waals surface area (Å²) in [6.07, 6.45) is 5.71. The van der Waals surface area contributed by atoms with Gasteiger partial charge in [0.25, 0.3) is 0 Å². The first-order chi connectivity index (χ1) is 12.1. The van der Waals surface area contributed by atoms with Crippen molar-refractivity contribution in [2.75, 3.05) is 18.0 Å². The van der Waals surface area contributed by atoms with Gasteiger partial charge in [-0.2, -0.15) is 5.10 Å². The molecule has 3 heterocycles. The number of para-hydroxylation sites is 1. The van der Waals surface area contributed by atoms with E-state index >= 15 is 0 Å². The van der Waals surface area contributed by atoms with Gasteiger partial charge in [0.2, 0.25) is 11.8 Å². The van der Waals surface area contributed by atoms with E-state index in [4.69, 9.17) is 0 Å². The molecule has 2 amide bonds. The zero-order valence-electron chi connectivity index (χ0n) is 14.2. The van der Waals surface area contributed by atoms with Crippen LogP contribution in [0.5, 0.6) is 0 Å². The number of hydrogen-bond donors (Lipinski definition) is 0. The van der Waals surface area contributed by atoms with E-state index in [2.05, 4.69) is 10.1 Å². The number of carbonyl (C=O) groups is 2. The molecule has 0 radical (unpaired) electrons. The number of nitrogens with zero attached hydrogens (tertiary/aromatic N) is 5. The van der Waals surface area contributed by atoms with Crippen molar-refractivity contribution < 1.29 is 9.59 Å². The Balaban J connectivity index is 1.55. The Morgan fingerprint density at radius 3 is 2.84 bits per heavy atom. The predicted molar refractivity (Wildman–Crippen MR) is 92.0 cm³/mol. The lowest BCUT2D eigenvalue weighted by molar-refractivity contribution is -0.135. The molecule has 7 heteroatoms. The van der Waals surface area contributed by atoms with Crippen LogP contribution >= 0.6 is 0 Å². The quantitative estimate of drug-likeness (QED) is 0.830. The summed E-state index contributed by atoms with van der Waals surface area (Å²) in [6, 6.07) is 7.47. The lowest BCUT2D eigenvalue weighted by atomic mass is 10.0. The summed E-state index contributed by atoms with van der Waals surface area (Å²) in [5.41, 5.74) is 1.92. The first kappa shape index (κ1) is 15.8. The second-order valence-corrected chi connectivity index (χ2v) is 6.69. The third-order valence-electron chi connectivity index (χ3n) is 5.12. The number of aromatic nitrogens is 3. The second-order valence-electron chi connectivity index (χ2n) is 6.69. The maximum Gasteiger partial charge on any atom is 0.246 e. The molecule has 0 bridgehead atoms. The number of anilines is 1. The third-order valence-corrected chi connectivity index (χ3v) is 5.12. The molecule has 1 aromatic carbocycles. The molecule has 0 aliphatic carbocycles. The highest BCUT2D eigenvalue weighted by atomic mass is 16.2. The molecule has 4 rings (SSSR count). The number of benzene rings is 1. The number of hydrogen-bond acceptors (Lipinski definition) is 4. The molecule has 25 heavy (non-hydrogen) atoms. The average Bonchev–Trinajstić information content (AvgIpc) is 3.28. The highest BCUT2D eigenvalue weighted by Gasteiger charge is 2.40. The van der Waals surface area contributed by atoms with Crippen LogP contribution in [0.25, 0.3) is 0 Å². The molecule has 130 valence electrons. The molecule has 0 N–H and O–H groups in total. The number of likely N-dealkylation sites (tertiary alicyclic amines) is 1. The summed E-state index contributed by atoms with van der Waals surface area (Å²) < 4.78 is 1.82. The number of rotatable bonds is 2. The van der Waals surface area contributed by atoms with E-state index in [1.165, 1.54) is 13.3 Å². The van der Waals surface area contributed by atoms with Gasteiger partial charge in [-0.25, -0.2) is 9.67 Å². The second kappa shape index (κ2) is 6.31. The van der Waals surface area contributed by atoms with Gasteiger partial charge in [-0.15, -0.1) is 0 Å². The van der Waals surface area contributed by atoms with Gasteiger partial charge in [-0.05, 0) is 24.5 Å². The molecule has 1 saturated heterocycles. The zero-order chi connectivity index (χ0) is 17.4. The maximum atomic E-state index is 13.2. The minimum atomic E-state index is -0.440. The third kappa shape index (κ3) is 2.79. The van der Waals surface area contributed by atoms with E-state index in [0.29, 0.717) is 13.0 Å². The summed E-state index contributed by atoms with van der Waals surface area (Å²) >= 11 is 0. The minimum absolute atomic E-state index is 0.0243. The lowest BCUT2D eigenvalue weighted by Gasteiger charge is -2.36. The van der Waals surface area contributed by atoms with Crippen LogP contribution in [-0.2, 0) is 16.0 Å². The molecule has 1 aromatic heterocycles. The summed E-state index contributed by atoms with van der Waals surface area (Å²) in [6.45, 7) is 2.86. The van der Waals surface area contributed by atoms with Crippen LogP contribution in [0.15, 0.2) is 36.9 Å². The smallest absolute Gasteiger partial charge is 0.246 e.